The van der Waals surface area contributed by atoms with Gasteiger partial charge in [0.15, 0.2) is 0 Å². The van der Waals surface area contributed by atoms with Crippen molar-refractivity contribution in [3.63, 3.8) is 0 Å². The Morgan fingerprint density at radius 3 is 2.60 bits per heavy atom. The van der Waals surface area contributed by atoms with Crippen LogP contribution in [0.15, 0.2) is 24.3 Å². The van der Waals surface area contributed by atoms with Crippen LogP contribution in [0.4, 0.5) is 5.82 Å². The maximum atomic E-state index is 13.2. The first-order valence-corrected chi connectivity index (χ1v) is 11.4. The lowest BCUT2D eigenvalue weighted by Crippen LogP contribution is -2.46. The minimum atomic E-state index is -0.274. The molecule has 1 saturated carbocycles. The van der Waals surface area contributed by atoms with Crippen LogP contribution in [0.2, 0.25) is 0 Å². The number of carbonyl (C=O) groups is 1. The number of fused-ring (bicyclic) bond motifs is 1. The van der Waals surface area contributed by atoms with E-state index in [-0.39, 0.29) is 12.1 Å². The quantitative estimate of drug-likeness (QED) is 0.612. The third kappa shape index (κ3) is 4.93. The van der Waals surface area contributed by atoms with Gasteiger partial charge in [-0.15, -0.1) is 0 Å². The van der Waals surface area contributed by atoms with Crippen LogP contribution in [-0.4, -0.2) is 42.7 Å². The maximum Gasteiger partial charge on any atom is 0.256 e. The van der Waals surface area contributed by atoms with Gasteiger partial charge in [-0.3, -0.25) is 4.79 Å². The van der Waals surface area contributed by atoms with Crippen molar-refractivity contribution in [3.05, 3.63) is 35.4 Å². The van der Waals surface area contributed by atoms with E-state index >= 15 is 0 Å². The number of carbonyl (C=O) groups excluding carboxylic acids is 1. The van der Waals surface area contributed by atoms with E-state index in [0.717, 1.165) is 67.6 Å². The molecule has 1 saturated heterocycles. The van der Waals surface area contributed by atoms with Gasteiger partial charge in [0, 0.05) is 24.5 Å². The Balaban J connectivity index is 1.57. The van der Waals surface area contributed by atoms with Crippen LogP contribution in [0.3, 0.4) is 0 Å². The second kappa shape index (κ2) is 8.90. The summed E-state index contributed by atoms with van der Waals surface area (Å²) >= 11 is 0. The molecule has 1 atom stereocenters. The molecule has 1 aromatic heterocycles. The Morgan fingerprint density at radius 2 is 1.93 bits per heavy atom. The molecule has 1 unspecified atom stereocenters. The van der Waals surface area contributed by atoms with Crippen molar-refractivity contribution in [1.82, 2.24) is 15.6 Å². The number of hydrogen-bond acceptors (Lipinski definition) is 5. The van der Waals surface area contributed by atoms with Crippen molar-refractivity contribution >= 4 is 22.6 Å². The van der Waals surface area contributed by atoms with Crippen LogP contribution in [0.25, 0.3) is 10.9 Å². The first kappa shape index (κ1) is 21.1. The van der Waals surface area contributed by atoms with E-state index in [1.807, 2.05) is 12.1 Å². The second-order valence-electron chi connectivity index (χ2n) is 9.46. The summed E-state index contributed by atoms with van der Waals surface area (Å²) in [5.41, 5.74) is 8.91. The van der Waals surface area contributed by atoms with Crippen molar-refractivity contribution in [3.8, 4) is 0 Å². The maximum absolute atomic E-state index is 13.2. The number of nitrogens with two attached hydrogens (primary N) is 1. The first-order valence-electron chi connectivity index (χ1n) is 11.4. The molecule has 162 valence electrons. The van der Waals surface area contributed by atoms with Crippen LogP contribution < -0.4 is 21.3 Å². The number of piperidine rings is 1. The number of hydrogen-bond donors (Lipinski definition) is 3. The number of pyridine rings is 1. The van der Waals surface area contributed by atoms with E-state index < -0.39 is 0 Å². The second-order valence-corrected chi connectivity index (χ2v) is 9.46. The Morgan fingerprint density at radius 1 is 1.20 bits per heavy atom. The van der Waals surface area contributed by atoms with Gasteiger partial charge in [0.1, 0.15) is 5.82 Å². The minimum absolute atomic E-state index is 0.111. The van der Waals surface area contributed by atoms with Gasteiger partial charge in [0.2, 0.25) is 0 Å². The number of rotatable bonds is 7. The van der Waals surface area contributed by atoms with E-state index in [0.29, 0.717) is 23.4 Å². The Hall–Kier alpha value is -2.18. The normalized spacial score (nSPS) is 18.8. The summed E-state index contributed by atoms with van der Waals surface area (Å²) in [6.45, 7) is 9.38. The van der Waals surface area contributed by atoms with Gasteiger partial charge >= 0.3 is 0 Å². The molecule has 1 aliphatic heterocycles. The molecule has 1 amide bonds. The molecule has 6 nitrogen and oxygen atoms in total. The summed E-state index contributed by atoms with van der Waals surface area (Å²) in [4.78, 5) is 20.4. The summed E-state index contributed by atoms with van der Waals surface area (Å²) in [7, 11) is 0. The number of nitrogens with one attached hydrogen (secondary N) is 2. The average molecular weight is 410 g/mol. The third-order valence-corrected chi connectivity index (χ3v) is 6.23. The number of benzene rings is 1. The van der Waals surface area contributed by atoms with Gasteiger partial charge in [-0.05, 0) is 69.2 Å². The summed E-state index contributed by atoms with van der Waals surface area (Å²) in [6.07, 6.45) is 4.04. The molecule has 2 aromatic rings. The highest BCUT2D eigenvalue weighted by molar-refractivity contribution is 6.02. The van der Waals surface area contributed by atoms with Gasteiger partial charge in [0.05, 0.1) is 17.2 Å². The minimum Gasteiger partial charge on any atom is -0.356 e. The molecule has 2 fully saturated rings. The molecule has 30 heavy (non-hydrogen) atoms. The first-order chi connectivity index (χ1) is 14.4. The Labute approximate surface area is 179 Å². The van der Waals surface area contributed by atoms with Gasteiger partial charge in [-0.2, -0.15) is 0 Å². The van der Waals surface area contributed by atoms with Crippen molar-refractivity contribution in [2.24, 2.45) is 17.6 Å². The standard InChI is InChI=1S/C24H35N5O/c1-15(2)14-26-19-8-10-29(11-9-19)23-20(24(30)28-22(25)17-5-6-17)13-18-12-16(3)4-7-21(18)27-23/h4,7,12-13,15,17,19,22,26H,5-6,8-11,14,25H2,1-3H3,(H,28,30). The van der Waals surface area contributed by atoms with Crippen LogP contribution in [0.5, 0.6) is 0 Å². The molecular formula is C24H35N5O. The number of nitrogens with zero attached hydrogens (tertiary/aromatic N) is 2. The molecule has 1 aromatic carbocycles. The number of aryl methyl sites for hydroxylation is 1. The fourth-order valence-corrected chi connectivity index (χ4v) is 4.19. The highest BCUT2D eigenvalue weighted by Crippen LogP contribution is 2.31. The van der Waals surface area contributed by atoms with Gasteiger partial charge < -0.3 is 21.3 Å². The zero-order chi connectivity index (χ0) is 21.3. The summed E-state index contributed by atoms with van der Waals surface area (Å²) < 4.78 is 0. The van der Waals surface area contributed by atoms with Crippen LogP contribution in [0, 0.1) is 18.8 Å². The zero-order valence-electron chi connectivity index (χ0n) is 18.4. The molecular weight excluding hydrogens is 374 g/mol. The molecule has 0 bridgehead atoms. The lowest BCUT2D eigenvalue weighted by Gasteiger charge is -2.34. The molecule has 2 heterocycles. The molecule has 0 spiro atoms. The van der Waals surface area contributed by atoms with E-state index in [4.69, 9.17) is 10.7 Å². The highest BCUT2D eigenvalue weighted by Gasteiger charge is 2.31. The summed E-state index contributed by atoms with van der Waals surface area (Å²) in [5.74, 6) is 1.74. The van der Waals surface area contributed by atoms with E-state index in [1.165, 1.54) is 0 Å². The Kier molecular flexibility index (Phi) is 6.25. The van der Waals surface area contributed by atoms with Crippen molar-refractivity contribution < 1.29 is 4.79 Å². The lowest BCUT2D eigenvalue weighted by molar-refractivity contribution is 0.0933. The van der Waals surface area contributed by atoms with E-state index in [9.17, 15) is 4.79 Å². The van der Waals surface area contributed by atoms with Crippen molar-refractivity contribution in [1.29, 1.82) is 0 Å². The SMILES string of the molecule is Cc1ccc2nc(N3CCC(NCC(C)C)CC3)c(C(=O)NC(N)C3CC3)cc2c1. The summed E-state index contributed by atoms with van der Waals surface area (Å²) in [6, 6.07) is 8.73. The van der Waals surface area contributed by atoms with Crippen molar-refractivity contribution in [2.45, 2.75) is 58.7 Å². The van der Waals surface area contributed by atoms with Crippen LogP contribution in [0.1, 0.15) is 55.5 Å². The van der Waals surface area contributed by atoms with Crippen molar-refractivity contribution in [2.75, 3.05) is 24.5 Å². The predicted molar refractivity (Wildman–Crippen MR) is 123 cm³/mol. The highest BCUT2D eigenvalue weighted by atomic mass is 16.1. The number of anilines is 1. The Bertz CT molecular complexity index is 900. The predicted octanol–water partition coefficient (Wildman–Crippen LogP) is 3.18. The molecule has 1 aliphatic carbocycles. The lowest BCUT2D eigenvalue weighted by atomic mass is 10.0. The van der Waals surface area contributed by atoms with E-state index in [1.54, 1.807) is 0 Å². The number of aromatic nitrogens is 1. The monoisotopic (exact) mass is 409 g/mol. The third-order valence-electron chi connectivity index (χ3n) is 6.23. The molecule has 0 radical (unpaired) electrons. The fraction of sp³-hybridized carbons (Fsp3) is 0.583. The van der Waals surface area contributed by atoms with E-state index in [2.05, 4.69) is 48.4 Å². The molecule has 4 rings (SSSR count). The molecule has 4 N–H and O–H groups in total. The van der Waals surface area contributed by atoms with Crippen LogP contribution in [-0.2, 0) is 0 Å². The van der Waals surface area contributed by atoms with Gasteiger partial charge in [0.25, 0.3) is 5.91 Å². The molecule has 6 heteroatoms. The van der Waals surface area contributed by atoms with Gasteiger partial charge in [-0.25, -0.2) is 4.98 Å². The molecule has 2 aliphatic rings. The summed E-state index contributed by atoms with van der Waals surface area (Å²) in [5, 5.41) is 7.68. The smallest absolute Gasteiger partial charge is 0.256 e. The largest absolute Gasteiger partial charge is 0.356 e. The van der Waals surface area contributed by atoms with Crippen LogP contribution >= 0.6 is 0 Å². The average Bonchev–Trinajstić information content (AvgIpc) is 3.57. The fourth-order valence-electron chi connectivity index (χ4n) is 4.19. The topological polar surface area (TPSA) is 83.3 Å². The number of amides is 1. The zero-order valence-corrected chi connectivity index (χ0v) is 18.4. The van der Waals surface area contributed by atoms with Gasteiger partial charge in [-0.1, -0.05) is 25.5 Å².